The number of rotatable bonds is 6. The van der Waals surface area contributed by atoms with E-state index in [0.717, 1.165) is 18.4 Å². The molecule has 0 aliphatic carbocycles. The maximum atomic E-state index is 11.9. The number of nitrogens with two attached hydrogens (primary N) is 1. The first-order chi connectivity index (χ1) is 7.65. The van der Waals surface area contributed by atoms with Gasteiger partial charge in [0.25, 0.3) is 0 Å². The number of nitrogens with zero attached hydrogens (tertiary/aromatic N) is 1. The highest BCUT2D eigenvalue weighted by molar-refractivity contribution is 5.78. The topological polar surface area (TPSA) is 59.5 Å². The van der Waals surface area contributed by atoms with Gasteiger partial charge in [-0.1, -0.05) is 6.92 Å². The van der Waals surface area contributed by atoms with Crippen molar-refractivity contribution in [2.24, 2.45) is 11.7 Å². The Kier molecular flexibility index (Phi) is 5.05. The fraction of sp³-hybridized carbons (Fsp3) is 0.583. The van der Waals surface area contributed by atoms with Crippen molar-refractivity contribution in [1.29, 1.82) is 0 Å². The molecule has 0 bridgehead atoms. The number of amides is 1. The smallest absolute Gasteiger partial charge is 0.225 e. The minimum Gasteiger partial charge on any atom is -0.472 e. The second kappa shape index (κ2) is 6.33. The van der Waals surface area contributed by atoms with Crippen LogP contribution in [0.15, 0.2) is 23.0 Å². The third kappa shape index (κ3) is 3.70. The van der Waals surface area contributed by atoms with E-state index in [2.05, 4.69) is 0 Å². The van der Waals surface area contributed by atoms with Crippen molar-refractivity contribution in [1.82, 2.24) is 4.90 Å². The molecule has 16 heavy (non-hydrogen) atoms. The molecule has 1 aromatic heterocycles. The zero-order chi connectivity index (χ0) is 12.0. The Morgan fingerprint density at radius 1 is 1.62 bits per heavy atom. The Morgan fingerprint density at radius 2 is 2.38 bits per heavy atom. The van der Waals surface area contributed by atoms with Crippen molar-refractivity contribution in [2.75, 3.05) is 13.6 Å². The molecule has 1 aromatic rings. The summed E-state index contributed by atoms with van der Waals surface area (Å²) in [6.07, 6.45) is 5.03. The molecule has 90 valence electrons. The molecule has 0 aliphatic rings. The minimum absolute atomic E-state index is 0.0421. The lowest BCUT2D eigenvalue weighted by Gasteiger charge is -2.20. The molecule has 0 saturated carbocycles. The largest absolute Gasteiger partial charge is 0.472 e. The SMILES string of the molecule is CC(CCCN)C(=O)N(C)Cc1ccoc1. The summed E-state index contributed by atoms with van der Waals surface area (Å²) in [5.41, 5.74) is 6.44. The minimum atomic E-state index is 0.0421. The van der Waals surface area contributed by atoms with E-state index in [1.807, 2.05) is 20.0 Å². The summed E-state index contributed by atoms with van der Waals surface area (Å²) in [4.78, 5) is 13.7. The second-order valence-electron chi connectivity index (χ2n) is 4.16. The molecule has 1 amide bonds. The summed E-state index contributed by atoms with van der Waals surface area (Å²) in [6.45, 7) is 3.19. The molecule has 0 saturated heterocycles. The van der Waals surface area contributed by atoms with Gasteiger partial charge in [-0.25, -0.2) is 0 Å². The van der Waals surface area contributed by atoms with Crippen LogP contribution in [0.1, 0.15) is 25.3 Å². The summed E-state index contributed by atoms with van der Waals surface area (Å²) in [5, 5.41) is 0. The number of carbonyl (C=O) groups is 1. The van der Waals surface area contributed by atoms with E-state index in [9.17, 15) is 4.79 Å². The lowest BCUT2D eigenvalue weighted by Crippen LogP contribution is -2.31. The van der Waals surface area contributed by atoms with Crippen LogP contribution in [0.3, 0.4) is 0 Å². The van der Waals surface area contributed by atoms with Gasteiger partial charge in [-0.15, -0.1) is 0 Å². The lowest BCUT2D eigenvalue weighted by atomic mass is 10.0. The van der Waals surface area contributed by atoms with E-state index in [0.29, 0.717) is 13.1 Å². The van der Waals surface area contributed by atoms with Gasteiger partial charge in [0.05, 0.1) is 12.5 Å². The summed E-state index contributed by atoms with van der Waals surface area (Å²) < 4.78 is 4.97. The molecule has 2 N–H and O–H groups in total. The molecule has 0 radical (unpaired) electrons. The third-order valence-electron chi connectivity index (χ3n) is 2.64. The van der Waals surface area contributed by atoms with Crippen LogP contribution in [-0.4, -0.2) is 24.4 Å². The monoisotopic (exact) mass is 224 g/mol. The van der Waals surface area contributed by atoms with Gasteiger partial charge in [0.1, 0.15) is 0 Å². The van der Waals surface area contributed by atoms with Crippen molar-refractivity contribution in [2.45, 2.75) is 26.3 Å². The first-order valence-corrected chi connectivity index (χ1v) is 5.61. The third-order valence-corrected chi connectivity index (χ3v) is 2.64. The first kappa shape index (κ1) is 12.8. The van der Waals surface area contributed by atoms with Gasteiger partial charge < -0.3 is 15.1 Å². The number of carbonyl (C=O) groups excluding carboxylic acids is 1. The average Bonchev–Trinajstić information content (AvgIpc) is 2.77. The summed E-state index contributed by atoms with van der Waals surface area (Å²) in [7, 11) is 1.81. The van der Waals surface area contributed by atoms with Crippen LogP contribution in [0.5, 0.6) is 0 Å². The predicted octanol–water partition coefficient (Wildman–Crippen LogP) is 1.61. The standard InChI is InChI=1S/C12H20N2O2/c1-10(4-3-6-13)12(15)14(2)8-11-5-7-16-9-11/h5,7,9-10H,3-4,6,8,13H2,1-2H3. The highest BCUT2D eigenvalue weighted by Gasteiger charge is 2.17. The zero-order valence-electron chi connectivity index (χ0n) is 9.98. The molecular weight excluding hydrogens is 204 g/mol. The number of hydrogen-bond donors (Lipinski definition) is 1. The van der Waals surface area contributed by atoms with E-state index < -0.39 is 0 Å². The molecule has 4 heteroatoms. The van der Waals surface area contributed by atoms with Crippen molar-refractivity contribution in [3.05, 3.63) is 24.2 Å². The van der Waals surface area contributed by atoms with Crippen LogP contribution in [0.4, 0.5) is 0 Å². The fourth-order valence-corrected chi connectivity index (χ4v) is 1.66. The molecule has 0 aliphatic heterocycles. The zero-order valence-corrected chi connectivity index (χ0v) is 9.98. The van der Waals surface area contributed by atoms with Crippen LogP contribution < -0.4 is 5.73 Å². The van der Waals surface area contributed by atoms with Crippen LogP contribution in [0.25, 0.3) is 0 Å². The maximum absolute atomic E-state index is 11.9. The van der Waals surface area contributed by atoms with E-state index in [-0.39, 0.29) is 11.8 Å². The first-order valence-electron chi connectivity index (χ1n) is 5.61. The van der Waals surface area contributed by atoms with Crippen molar-refractivity contribution < 1.29 is 9.21 Å². The summed E-state index contributed by atoms with van der Waals surface area (Å²) in [5.74, 6) is 0.204. The Balaban J connectivity index is 2.41. The van der Waals surface area contributed by atoms with Crippen LogP contribution in [-0.2, 0) is 11.3 Å². The molecule has 1 unspecified atom stereocenters. The Hall–Kier alpha value is -1.29. The Bertz CT molecular complexity index is 309. The number of furan rings is 1. The Labute approximate surface area is 96.4 Å². The highest BCUT2D eigenvalue weighted by atomic mass is 16.3. The molecule has 0 aromatic carbocycles. The van der Waals surface area contributed by atoms with Crippen LogP contribution in [0, 0.1) is 5.92 Å². The van der Waals surface area contributed by atoms with Crippen LogP contribution >= 0.6 is 0 Å². The van der Waals surface area contributed by atoms with E-state index in [1.165, 1.54) is 0 Å². The maximum Gasteiger partial charge on any atom is 0.225 e. The van der Waals surface area contributed by atoms with Crippen molar-refractivity contribution in [3.8, 4) is 0 Å². The van der Waals surface area contributed by atoms with E-state index >= 15 is 0 Å². The second-order valence-corrected chi connectivity index (χ2v) is 4.16. The normalized spacial score (nSPS) is 12.4. The highest BCUT2D eigenvalue weighted by Crippen LogP contribution is 2.11. The average molecular weight is 224 g/mol. The molecule has 1 heterocycles. The van der Waals surface area contributed by atoms with Crippen LogP contribution in [0.2, 0.25) is 0 Å². The predicted molar refractivity (Wildman–Crippen MR) is 62.6 cm³/mol. The molecular formula is C12H20N2O2. The summed E-state index contributed by atoms with van der Waals surface area (Å²) in [6, 6.07) is 1.87. The molecule has 1 rings (SSSR count). The van der Waals surface area contributed by atoms with Gasteiger partial charge in [-0.3, -0.25) is 4.79 Å². The van der Waals surface area contributed by atoms with Gasteiger partial charge in [-0.05, 0) is 25.5 Å². The van der Waals surface area contributed by atoms with E-state index in [1.54, 1.807) is 17.4 Å². The molecule has 0 fully saturated rings. The van der Waals surface area contributed by atoms with Gasteiger partial charge in [0, 0.05) is 25.1 Å². The molecule has 1 atom stereocenters. The van der Waals surface area contributed by atoms with Crippen molar-refractivity contribution in [3.63, 3.8) is 0 Å². The van der Waals surface area contributed by atoms with Gasteiger partial charge in [0.15, 0.2) is 0 Å². The van der Waals surface area contributed by atoms with Gasteiger partial charge in [-0.2, -0.15) is 0 Å². The summed E-state index contributed by atoms with van der Waals surface area (Å²) >= 11 is 0. The molecule has 4 nitrogen and oxygen atoms in total. The lowest BCUT2D eigenvalue weighted by molar-refractivity contribution is -0.134. The van der Waals surface area contributed by atoms with Crippen molar-refractivity contribution >= 4 is 5.91 Å². The quantitative estimate of drug-likeness (QED) is 0.798. The molecule has 0 spiro atoms. The van der Waals surface area contributed by atoms with Gasteiger partial charge >= 0.3 is 0 Å². The van der Waals surface area contributed by atoms with E-state index in [4.69, 9.17) is 10.2 Å². The van der Waals surface area contributed by atoms with Gasteiger partial charge in [0.2, 0.25) is 5.91 Å². The fourth-order valence-electron chi connectivity index (χ4n) is 1.66. The Morgan fingerprint density at radius 3 is 2.94 bits per heavy atom. The number of hydrogen-bond acceptors (Lipinski definition) is 3.